The molecule has 0 saturated carbocycles. The minimum Gasteiger partial charge on any atom is -0.497 e. The third kappa shape index (κ3) is 4.90. The van der Waals surface area contributed by atoms with Crippen molar-refractivity contribution in [2.45, 2.75) is 20.1 Å². The zero-order valence-corrected chi connectivity index (χ0v) is 17.1. The predicted octanol–water partition coefficient (Wildman–Crippen LogP) is 2.95. The zero-order valence-electron chi connectivity index (χ0n) is 15.5. The van der Waals surface area contributed by atoms with Gasteiger partial charge in [-0.25, -0.2) is 19.9 Å². The Morgan fingerprint density at radius 3 is 2.63 bits per heavy atom. The molecule has 4 rings (SSSR count). The van der Waals surface area contributed by atoms with E-state index in [-0.39, 0.29) is 5.69 Å². The van der Waals surface area contributed by atoms with Crippen molar-refractivity contribution in [3.63, 3.8) is 0 Å². The third-order valence-electron chi connectivity index (χ3n) is 3.60. The summed E-state index contributed by atoms with van der Waals surface area (Å²) in [6, 6.07) is 7.44. The lowest BCUT2D eigenvalue weighted by molar-refractivity contribution is 0.101. The van der Waals surface area contributed by atoms with Gasteiger partial charge < -0.3 is 10.1 Å². The molecule has 2 N–H and O–H groups in total. The van der Waals surface area contributed by atoms with Crippen molar-refractivity contribution in [1.82, 2.24) is 35.1 Å². The Balaban J connectivity index is 1.63. The second-order valence-corrected chi connectivity index (χ2v) is 7.65. The van der Waals surface area contributed by atoms with Crippen LogP contribution in [-0.2, 0) is 0 Å². The molecule has 0 unspecified atom stereocenters. The van der Waals surface area contributed by atoms with Crippen LogP contribution in [0.2, 0.25) is 0 Å². The molecule has 12 heteroatoms. The van der Waals surface area contributed by atoms with Crippen molar-refractivity contribution < 1.29 is 9.53 Å². The normalized spacial score (nSPS) is 10.6. The van der Waals surface area contributed by atoms with E-state index in [2.05, 4.69) is 40.4 Å². The highest BCUT2D eigenvalue weighted by Crippen LogP contribution is 2.31. The van der Waals surface area contributed by atoms with Crippen LogP contribution < -0.4 is 10.1 Å². The van der Waals surface area contributed by atoms with Gasteiger partial charge in [0.05, 0.1) is 19.5 Å². The smallest absolute Gasteiger partial charge is 0.278 e. The topological polar surface area (TPSA) is 131 Å². The number of amides is 1. The predicted molar refractivity (Wildman–Crippen MR) is 110 cm³/mol. The quantitative estimate of drug-likeness (QED) is 0.444. The number of ether oxygens (including phenoxy) is 1. The van der Waals surface area contributed by atoms with Crippen LogP contribution in [-0.4, -0.2) is 48.1 Å². The van der Waals surface area contributed by atoms with Crippen molar-refractivity contribution in [2.75, 3.05) is 12.4 Å². The van der Waals surface area contributed by atoms with Gasteiger partial charge in [-0.2, -0.15) is 5.10 Å². The van der Waals surface area contributed by atoms with Crippen LogP contribution in [0.15, 0.2) is 75.5 Å². The fraction of sp³-hybridized carbons (Fsp3) is 0.0556. The molecule has 3 aromatic heterocycles. The van der Waals surface area contributed by atoms with E-state index < -0.39 is 5.91 Å². The molecule has 150 valence electrons. The van der Waals surface area contributed by atoms with Crippen LogP contribution in [0.4, 0.5) is 5.82 Å². The summed E-state index contributed by atoms with van der Waals surface area (Å²) < 4.78 is 5.18. The van der Waals surface area contributed by atoms with E-state index in [9.17, 15) is 4.79 Å². The number of benzene rings is 1. The van der Waals surface area contributed by atoms with Gasteiger partial charge in [-0.05, 0) is 36.0 Å². The second-order valence-electron chi connectivity index (χ2n) is 5.58. The number of hydrogen-bond donors (Lipinski definition) is 2. The van der Waals surface area contributed by atoms with Crippen molar-refractivity contribution in [2.24, 2.45) is 0 Å². The summed E-state index contributed by atoms with van der Waals surface area (Å²) in [5, 5.41) is 10.7. The molecule has 0 aliphatic rings. The molecule has 1 amide bonds. The van der Waals surface area contributed by atoms with Crippen LogP contribution in [0.25, 0.3) is 0 Å². The van der Waals surface area contributed by atoms with Gasteiger partial charge in [0.2, 0.25) is 0 Å². The van der Waals surface area contributed by atoms with Gasteiger partial charge in [-0.1, -0.05) is 11.8 Å². The van der Waals surface area contributed by atoms with Gasteiger partial charge in [0.25, 0.3) is 5.91 Å². The Morgan fingerprint density at radius 1 is 1.07 bits per heavy atom. The number of hydrogen-bond acceptors (Lipinski definition) is 10. The first-order valence-electron chi connectivity index (χ1n) is 8.51. The van der Waals surface area contributed by atoms with E-state index in [1.807, 2.05) is 24.3 Å². The zero-order chi connectivity index (χ0) is 20.8. The Bertz CT molecular complexity index is 1120. The van der Waals surface area contributed by atoms with E-state index in [4.69, 9.17) is 4.74 Å². The third-order valence-corrected chi connectivity index (χ3v) is 5.40. The summed E-state index contributed by atoms with van der Waals surface area (Å²) in [6.45, 7) is 0. The van der Waals surface area contributed by atoms with Gasteiger partial charge in [0.15, 0.2) is 16.7 Å². The molecule has 0 saturated heterocycles. The van der Waals surface area contributed by atoms with Gasteiger partial charge in [0, 0.05) is 17.3 Å². The highest BCUT2D eigenvalue weighted by atomic mass is 32.2. The van der Waals surface area contributed by atoms with E-state index >= 15 is 0 Å². The standard InChI is InChI=1S/C18H14N8O2S2/c1-28-11-2-4-12(5-3-11)29-17-15(16(27)24-13-8-19-6-7-20-13)25-14(9-21-17)30-18-22-10-23-26-18/h2-10H,1H3,(H,20,24,27)(H,22,23,26). The van der Waals surface area contributed by atoms with Gasteiger partial charge in [0.1, 0.15) is 22.1 Å². The van der Waals surface area contributed by atoms with E-state index in [0.717, 1.165) is 10.6 Å². The van der Waals surface area contributed by atoms with E-state index in [1.54, 1.807) is 13.3 Å². The fourth-order valence-electron chi connectivity index (χ4n) is 2.27. The monoisotopic (exact) mass is 438 g/mol. The lowest BCUT2D eigenvalue weighted by Crippen LogP contribution is -2.17. The van der Waals surface area contributed by atoms with Crippen LogP contribution >= 0.6 is 23.5 Å². The molecule has 0 spiro atoms. The summed E-state index contributed by atoms with van der Waals surface area (Å²) in [4.78, 5) is 34.8. The molecule has 4 aromatic rings. The lowest BCUT2D eigenvalue weighted by Gasteiger charge is -2.09. The number of methoxy groups -OCH3 is 1. The molecule has 0 radical (unpaired) electrons. The van der Waals surface area contributed by atoms with Crippen LogP contribution in [0, 0.1) is 0 Å². The number of carbonyl (C=O) groups excluding carboxylic acids is 1. The number of aromatic nitrogens is 7. The molecule has 3 heterocycles. The van der Waals surface area contributed by atoms with Crippen LogP contribution in [0.1, 0.15) is 10.5 Å². The molecule has 30 heavy (non-hydrogen) atoms. The van der Waals surface area contributed by atoms with Crippen molar-refractivity contribution in [3.05, 3.63) is 61.1 Å². The first kappa shape index (κ1) is 19.8. The molecule has 0 aliphatic heterocycles. The Morgan fingerprint density at radius 2 is 1.93 bits per heavy atom. The maximum atomic E-state index is 12.9. The highest BCUT2D eigenvalue weighted by molar-refractivity contribution is 7.99. The number of anilines is 1. The molecule has 0 fully saturated rings. The molecule has 0 aliphatic carbocycles. The van der Waals surface area contributed by atoms with Gasteiger partial charge in [-0.3, -0.25) is 14.9 Å². The Hall–Kier alpha value is -3.51. The highest BCUT2D eigenvalue weighted by Gasteiger charge is 2.19. The molecule has 1 aromatic carbocycles. The maximum Gasteiger partial charge on any atom is 0.278 e. The molecule has 0 bridgehead atoms. The first-order valence-corrected chi connectivity index (χ1v) is 10.1. The number of H-pyrrole nitrogens is 1. The lowest BCUT2D eigenvalue weighted by atomic mass is 10.3. The summed E-state index contributed by atoms with van der Waals surface area (Å²) in [5.74, 6) is 0.613. The summed E-state index contributed by atoms with van der Waals surface area (Å²) >= 11 is 2.53. The second kappa shape index (κ2) is 9.33. The average molecular weight is 438 g/mol. The number of nitrogens with zero attached hydrogens (tertiary/aromatic N) is 6. The number of rotatable bonds is 7. The first-order chi connectivity index (χ1) is 14.7. The minimum atomic E-state index is -0.445. The molecule has 0 atom stereocenters. The molecule has 10 nitrogen and oxygen atoms in total. The van der Waals surface area contributed by atoms with Crippen molar-refractivity contribution in [1.29, 1.82) is 0 Å². The van der Waals surface area contributed by atoms with E-state index in [1.165, 1.54) is 48.4 Å². The van der Waals surface area contributed by atoms with Crippen molar-refractivity contribution >= 4 is 35.2 Å². The fourth-order valence-corrected chi connectivity index (χ4v) is 3.75. The minimum absolute atomic E-state index is 0.158. The van der Waals surface area contributed by atoms with Crippen LogP contribution in [0.3, 0.4) is 0 Å². The average Bonchev–Trinajstić information content (AvgIpc) is 3.29. The van der Waals surface area contributed by atoms with Crippen molar-refractivity contribution in [3.8, 4) is 5.75 Å². The Kier molecular flexibility index (Phi) is 6.15. The largest absolute Gasteiger partial charge is 0.497 e. The van der Waals surface area contributed by atoms with E-state index in [0.29, 0.717) is 21.0 Å². The number of aromatic amines is 1. The van der Waals surface area contributed by atoms with Crippen LogP contribution in [0.5, 0.6) is 5.75 Å². The number of nitrogens with one attached hydrogen (secondary N) is 2. The summed E-state index contributed by atoms with van der Waals surface area (Å²) in [7, 11) is 1.60. The van der Waals surface area contributed by atoms with Gasteiger partial charge >= 0.3 is 0 Å². The van der Waals surface area contributed by atoms with Gasteiger partial charge in [-0.15, -0.1) is 0 Å². The summed E-state index contributed by atoms with van der Waals surface area (Å²) in [6.07, 6.45) is 7.44. The SMILES string of the molecule is COc1ccc(Sc2ncc(Sc3ncn[nH]3)nc2C(=O)Nc2cnccn2)cc1. The maximum absolute atomic E-state index is 12.9. The Labute approximate surface area is 179 Å². The number of carbonyl (C=O) groups is 1. The molecular weight excluding hydrogens is 424 g/mol. The summed E-state index contributed by atoms with van der Waals surface area (Å²) in [5.41, 5.74) is 0.158. The molecular formula is C18H14N8O2S2.